The Hall–Kier alpha value is -3.61. The predicted molar refractivity (Wildman–Crippen MR) is 139 cm³/mol. The molecule has 1 aromatic heterocycles. The number of aromatic nitrogens is 2. The largest absolute Gasteiger partial charge is 0.368 e. The second kappa shape index (κ2) is 9.12. The van der Waals surface area contributed by atoms with Gasteiger partial charge in [-0.1, -0.05) is 48.5 Å². The standard InChI is InChI=1S/C29H33N5O2/c1-2-34-25-13-16-33(28(36)29(14-15-29)22-9-5-3-6-10-22)21-24(25)26(30-34)27(35)32-19-17-31(18-20-32)23-11-7-4-8-12-23/h3-12H,2,13-21H2,1H3. The normalized spacial score (nSPS) is 18.6. The lowest BCUT2D eigenvalue weighted by atomic mass is 9.93. The summed E-state index contributed by atoms with van der Waals surface area (Å²) in [5, 5.41) is 4.77. The van der Waals surface area contributed by atoms with E-state index in [1.807, 2.05) is 50.9 Å². The average molecular weight is 484 g/mol. The predicted octanol–water partition coefficient (Wildman–Crippen LogP) is 3.48. The van der Waals surface area contributed by atoms with Crippen molar-refractivity contribution in [1.82, 2.24) is 19.6 Å². The fourth-order valence-corrected chi connectivity index (χ4v) is 5.86. The van der Waals surface area contributed by atoms with Crippen LogP contribution in [0.2, 0.25) is 0 Å². The van der Waals surface area contributed by atoms with Gasteiger partial charge in [-0.05, 0) is 37.5 Å². The van der Waals surface area contributed by atoms with Gasteiger partial charge < -0.3 is 14.7 Å². The van der Waals surface area contributed by atoms with Crippen LogP contribution >= 0.6 is 0 Å². The highest BCUT2D eigenvalue weighted by Gasteiger charge is 2.53. The van der Waals surface area contributed by atoms with E-state index in [9.17, 15) is 9.59 Å². The van der Waals surface area contributed by atoms with E-state index in [1.165, 1.54) is 5.69 Å². The lowest BCUT2D eigenvalue weighted by Gasteiger charge is -2.36. The highest BCUT2D eigenvalue weighted by atomic mass is 16.2. The van der Waals surface area contributed by atoms with E-state index in [0.717, 1.165) is 55.7 Å². The molecule has 1 aliphatic carbocycles. The average Bonchev–Trinajstić information content (AvgIpc) is 3.68. The van der Waals surface area contributed by atoms with Crippen LogP contribution in [-0.4, -0.2) is 64.1 Å². The molecule has 2 aromatic carbocycles. The van der Waals surface area contributed by atoms with Gasteiger partial charge in [0.2, 0.25) is 5.91 Å². The fraction of sp³-hybridized carbons (Fsp3) is 0.414. The van der Waals surface area contributed by atoms with Gasteiger partial charge in [-0.25, -0.2) is 0 Å². The number of piperazine rings is 1. The van der Waals surface area contributed by atoms with Gasteiger partial charge >= 0.3 is 0 Å². The first-order valence-electron chi connectivity index (χ1n) is 13.1. The molecule has 3 aliphatic rings. The molecule has 186 valence electrons. The molecule has 6 rings (SSSR count). The molecule has 2 fully saturated rings. The van der Waals surface area contributed by atoms with Crippen LogP contribution in [0.5, 0.6) is 0 Å². The summed E-state index contributed by atoms with van der Waals surface area (Å²) in [4.78, 5) is 33.6. The minimum Gasteiger partial charge on any atom is -0.368 e. The number of benzene rings is 2. The van der Waals surface area contributed by atoms with Crippen molar-refractivity contribution in [2.45, 2.75) is 44.7 Å². The fourth-order valence-electron chi connectivity index (χ4n) is 5.86. The van der Waals surface area contributed by atoms with Crippen LogP contribution in [0.15, 0.2) is 60.7 Å². The Labute approximate surface area is 212 Å². The molecule has 0 radical (unpaired) electrons. The van der Waals surface area contributed by atoms with Crippen molar-refractivity contribution in [3.05, 3.63) is 83.2 Å². The van der Waals surface area contributed by atoms with Gasteiger partial charge in [0.25, 0.3) is 5.91 Å². The molecule has 3 heterocycles. The highest BCUT2D eigenvalue weighted by Crippen LogP contribution is 2.50. The lowest BCUT2D eigenvalue weighted by Crippen LogP contribution is -2.49. The van der Waals surface area contributed by atoms with E-state index in [0.29, 0.717) is 31.9 Å². The van der Waals surface area contributed by atoms with Crippen molar-refractivity contribution in [2.75, 3.05) is 37.6 Å². The number of para-hydroxylation sites is 1. The van der Waals surface area contributed by atoms with Crippen LogP contribution in [0.4, 0.5) is 5.69 Å². The van der Waals surface area contributed by atoms with Gasteiger partial charge in [0.1, 0.15) is 0 Å². The second-order valence-electron chi connectivity index (χ2n) is 10.1. The molecule has 7 nitrogen and oxygen atoms in total. The monoisotopic (exact) mass is 483 g/mol. The van der Waals surface area contributed by atoms with Crippen LogP contribution in [0.1, 0.15) is 47.1 Å². The molecule has 3 aromatic rings. The van der Waals surface area contributed by atoms with E-state index in [1.54, 1.807) is 0 Å². The van der Waals surface area contributed by atoms with Crippen molar-refractivity contribution < 1.29 is 9.59 Å². The minimum atomic E-state index is -0.391. The topological polar surface area (TPSA) is 61.7 Å². The van der Waals surface area contributed by atoms with Crippen molar-refractivity contribution in [3.8, 4) is 0 Å². The lowest BCUT2D eigenvalue weighted by molar-refractivity contribution is -0.135. The third-order valence-electron chi connectivity index (χ3n) is 8.10. The van der Waals surface area contributed by atoms with Crippen LogP contribution in [-0.2, 0) is 29.7 Å². The Balaban J connectivity index is 1.21. The summed E-state index contributed by atoms with van der Waals surface area (Å²) in [6, 6.07) is 20.5. The second-order valence-corrected chi connectivity index (χ2v) is 10.1. The Morgan fingerprint density at radius 3 is 2.17 bits per heavy atom. The Bertz CT molecular complexity index is 1260. The molecule has 0 N–H and O–H groups in total. The summed E-state index contributed by atoms with van der Waals surface area (Å²) in [7, 11) is 0. The van der Waals surface area contributed by atoms with E-state index in [4.69, 9.17) is 5.10 Å². The van der Waals surface area contributed by atoms with Gasteiger partial charge in [0.05, 0.1) is 5.41 Å². The van der Waals surface area contributed by atoms with E-state index >= 15 is 0 Å². The molecule has 0 bridgehead atoms. The van der Waals surface area contributed by atoms with Crippen LogP contribution in [0.25, 0.3) is 0 Å². The molecular formula is C29H33N5O2. The smallest absolute Gasteiger partial charge is 0.274 e. The number of hydrogen-bond acceptors (Lipinski definition) is 4. The Morgan fingerprint density at radius 1 is 0.861 bits per heavy atom. The Morgan fingerprint density at radius 2 is 1.53 bits per heavy atom. The van der Waals surface area contributed by atoms with E-state index < -0.39 is 5.41 Å². The van der Waals surface area contributed by atoms with Crippen molar-refractivity contribution in [1.29, 1.82) is 0 Å². The third-order valence-corrected chi connectivity index (χ3v) is 8.10. The molecule has 1 saturated carbocycles. The molecular weight excluding hydrogens is 450 g/mol. The summed E-state index contributed by atoms with van der Waals surface area (Å²) in [5.74, 6) is 0.183. The highest BCUT2D eigenvalue weighted by molar-refractivity contribution is 5.95. The van der Waals surface area contributed by atoms with Crippen molar-refractivity contribution in [2.24, 2.45) is 0 Å². The number of nitrogens with zero attached hydrogens (tertiary/aromatic N) is 5. The number of amides is 2. The van der Waals surface area contributed by atoms with Gasteiger partial charge in [0.15, 0.2) is 5.69 Å². The SMILES string of the molecule is CCn1nc(C(=O)N2CCN(c3ccccc3)CC2)c2c1CCN(C(=O)C1(c3ccccc3)CC1)C2. The van der Waals surface area contributed by atoms with E-state index in [-0.39, 0.29) is 11.8 Å². The maximum Gasteiger partial charge on any atom is 0.274 e. The molecule has 0 atom stereocenters. The summed E-state index contributed by atoms with van der Waals surface area (Å²) in [6.45, 7) is 6.87. The molecule has 2 aliphatic heterocycles. The third kappa shape index (κ3) is 3.87. The number of carbonyl (C=O) groups is 2. The zero-order valence-corrected chi connectivity index (χ0v) is 20.9. The maximum atomic E-state index is 13.7. The number of aryl methyl sites for hydroxylation is 1. The van der Waals surface area contributed by atoms with Crippen molar-refractivity contribution in [3.63, 3.8) is 0 Å². The number of carbonyl (C=O) groups excluding carboxylic acids is 2. The zero-order valence-electron chi connectivity index (χ0n) is 20.9. The first-order valence-corrected chi connectivity index (χ1v) is 13.1. The summed E-state index contributed by atoms with van der Waals surface area (Å²) >= 11 is 0. The zero-order chi connectivity index (χ0) is 24.7. The maximum absolute atomic E-state index is 13.7. The molecule has 0 unspecified atom stereocenters. The quantitative estimate of drug-likeness (QED) is 0.558. The summed E-state index contributed by atoms with van der Waals surface area (Å²) < 4.78 is 1.97. The molecule has 1 saturated heterocycles. The van der Waals surface area contributed by atoms with Gasteiger partial charge in [-0.3, -0.25) is 14.3 Å². The number of fused-ring (bicyclic) bond motifs is 1. The summed E-state index contributed by atoms with van der Waals surface area (Å²) in [6.07, 6.45) is 2.53. The number of hydrogen-bond donors (Lipinski definition) is 0. The van der Waals surface area contributed by atoms with Crippen molar-refractivity contribution >= 4 is 17.5 Å². The minimum absolute atomic E-state index is 0.00958. The Kier molecular flexibility index (Phi) is 5.78. The number of rotatable bonds is 5. The van der Waals surface area contributed by atoms with Gasteiger partial charge in [-0.2, -0.15) is 5.10 Å². The number of anilines is 1. The first kappa shape index (κ1) is 22.8. The first-order chi connectivity index (χ1) is 17.6. The van der Waals surface area contributed by atoms with Crippen LogP contribution < -0.4 is 4.90 Å². The van der Waals surface area contributed by atoms with Crippen LogP contribution in [0, 0.1) is 0 Å². The van der Waals surface area contributed by atoms with E-state index in [2.05, 4.69) is 36.1 Å². The molecule has 7 heteroatoms. The molecule has 0 spiro atoms. The summed E-state index contributed by atoms with van der Waals surface area (Å²) in [5.41, 5.74) is 4.49. The molecule has 36 heavy (non-hydrogen) atoms. The molecule has 2 amide bonds. The van der Waals surface area contributed by atoms with Gasteiger partial charge in [0, 0.05) is 69.2 Å². The van der Waals surface area contributed by atoms with Crippen LogP contribution in [0.3, 0.4) is 0 Å². The van der Waals surface area contributed by atoms with Gasteiger partial charge in [-0.15, -0.1) is 0 Å².